The fourth-order valence-corrected chi connectivity index (χ4v) is 2.21. The Kier molecular flexibility index (Phi) is 5.01. The minimum absolute atomic E-state index is 0.0195. The predicted molar refractivity (Wildman–Crippen MR) is 70.5 cm³/mol. The number of hydrogen-bond acceptors (Lipinski definition) is 3. The predicted octanol–water partition coefficient (Wildman–Crippen LogP) is 1.34. The van der Waals surface area contributed by atoms with Crippen LogP contribution in [-0.2, 0) is 16.0 Å². The average Bonchev–Trinajstić information content (AvgIpc) is 2.96. The minimum atomic E-state index is -0.109. The van der Waals surface area contributed by atoms with Gasteiger partial charge in [-0.15, -0.1) is 0 Å². The van der Waals surface area contributed by atoms with E-state index >= 15 is 0 Å². The first-order valence-electron chi connectivity index (χ1n) is 6.82. The molecule has 0 spiro atoms. The first kappa shape index (κ1) is 13.6. The van der Waals surface area contributed by atoms with Crippen LogP contribution in [0.25, 0.3) is 0 Å². The van der Waals surface area contributed by atoms with Crippen molar-refractivity contribution in [2.75, 3.05) is 19.6 Å². The van der Waals surface area contributed by atoms with E-state index in [0.717, 1.165) is 31.7 Å². The van der Waals surface area contributed by atoms with E-state index < -0.39 is 0 Å². The van der Waals surface area contributed by atoms with Crippen LogP contribution in [0, 0.1) is 0 Å². The van der Waals surface area contributed by atoms with Crippen LogP contribution in [0.3, 0.4) is 0 Å². The zero-order chi connectivity index (χ0) is 13.5. The lowest BCUT2D eigenvalue weighted by atomic mass is 10.1. The molecule has 0 aliphatic carbocycles. The second-order valence-corrected chi connectivity index (χ2v) is 4.80. The maximum Gasteiger partial charge on any atom is 0.241 e. The number of carbonyl (C=O) groups excluding carboxylic acids is 2. The van der Waals surface area contributed by atoms with Gasteiger partial charge in [0.2, 0.25) is 11.8 Å². The standard InChI is InChI=1S/C14H20N2O3/c17-13(7-6-12-5-4-10-19-12)15-11-14(18)16-8-2-1-3-9-16/h4-5,10H,1-3,6-9,11H2,(H,15,17). The highest BCUT2D eigenvalue weighted by atomic mass is 16.3. The first-order chi connectivity index (χ1) is 9.25. The molecule has 2 rings (SSSR count). The normalized spacial score (nSPS) is 15.3. The van der Waals surface area contributed by atoms with Crippen molar-refractivity contribution in [1.82, 2.24) is 10.2 Å². The Morgan fingerprint density at radius 2 is 2.05 bits per heavy atom. The van der Waals surface area contributed by atoms with Gasteiger partial charge in [0.25, 0.3) is 0 Å². The van der Waals surface area contributed by atoms with E-state index in [2.05, 4.69) is 5.32 Å². The molecule has 2 heterocycles. The maximum absolute atomic E-state index is 11.8. The molecule has 1 aromatic heterocycles. The second kappa shape index (κ2) is 6.97. The van der Waals surface area contributed by atoms with Crippen LogP contribution in [0.1, 0.15) is 31.4 Å². The lowest BCUT2D eigenvalue weighted by molar-refractivity contribution is -0.133. The van der Waals surface area contributed by atoms with Gasteiger partial charge in [-0.2, -0.15) is 0 Å². The number of rotatable bonds is 5. The van der Waals surface area contributed by atoms with Gasteiger partial charge in [-0.05, 0) is 31.4 Å². The number of amides is 2. The van der Waals surface area contributed by atoms with Crippen LogP contribution in [0.15, 0.2) is 22.8 Å². The number of hydrogen-bond donors (Lipinski definition) is 1. The Hall–Kier alpha value is -1.78. The summed E-state index contributed by atoms with van der Waals surface area (Å²) in [5, 5.41) is 2.67. The van der Waals surface area contributed by atoms with E-state index in [0.29, 0.717) is 12.8 Å². The fraction of sp³-hybridized carbons (Fsp3) is 0.571. The van der Waals surface area contributed by atoms with Gasteiger partial charge >= 0.3 is 0 Å². The summed E-state index contributed by atoms with van der Waals surface area (Å²) in [4.78, 5) is 25.3. The molecule has 5 heteroatoms. The summed E-state index contributed by atoms with van der Waals surface area (Å²) < 4.78 is 5.15. The van der Waals surface area contributed by atoms with E-state index in [1.807, 2.05) is 11.0 Å². The molecular weight excluding hydrogens is 244 g/mol. The summed E-state index contributed by atoms with van der Waals surface area (Å²) in [5.74, 6) is 0.699. The van der Waals surface area contributed by atoms with Gasteiger partial charge in [-0.1, -0.05) is 0 Å². The highest BCUT2D eigenvalue weighted by Gasteiger charge is 2.16. The summed E-state index contributed by atoms with van der Waals surface area (Å²) in [7, 11) is 0. The Labute approximate surface area is 113 Å². The second-order valence-electron chi connectivity index (χ2n) is 4.80. The molecular formula is C14H20N2O3. The average molecular weight is 264 g/mol. The van der Waals surface area contributed by atoms with Crippen LogP contribution in [0.5, 0.6) is 0 Å². The minimum Gasteiger partial charge on any atom is -0.469 e. The number of carbonyl (C=O) groups is 2. The third kappa shape index (κ3) is 4.43. The van der Waals surface area contributed by atoms with Gasteiger partial charge < -0.3 is 14.6 Å². The topological polar surface area (TPSA) is 62.6 Å². The van der Waals surface area contributed by atoms with Gasteiger partial charge in [0, 0.05) is 25.9 Å². The Balaban J connectivity index is 1.64. The number of nitrogens with zero attached hydrogens (tertiary/aromatic N) is 1. The smallest absolute Gasteiger partial charge is 0.241 e. The van der Waals surface area contributed by atoms with Crippen molar-refractivity contribution in [3.05, 3.63) is 24.2 Å². The summed E-state index contributed by atoms with van der Waals surface area (Å²) in [6.45, 7) is 1.75. The molecule has 5 nitrogen and oxygen atoms in total. The Morgan fingerprint density at radius 1 is 1.26 bits per heavy atom. The van der Waals surface area contributed by atoms with Crippen LogP contribution in [0.2, 0.25) is 0 Å². The van der Waals surface area contributed by atoms with Gasteiger partial charge in [0.1, 0.15) is 5.76 Å². The molecule has 0 bridgehead atoms. The highest BCUT2D eigenvalue weighted by molar-refractivity contribution is 5.84. The van der Waals surface area contributed by atoms with Crippen molar-refractivity contribution in [3.8, 4) is 0 Å². The van der Waals surface area contributed by atoms with Gasteiger partial charge in [0.15, 0.2) is 0 Å². The molecule has 0 saturated carbocycles. The summed E-state index contributed by atoms with van der Waals surface area (Å²) >= 11 is 0. The Morgan fingerprint density at radius 3 is 2.74 bits per heavy atom. The summed E-state index contributed by atoms with van der Waals surface area (Å²) in [5.41, 5.74) is 0. The molecule has 1 saturated heterocycles. The molecule has 1 aromatic rings. The molecule has 0 aromatic carbocycles. The van der Waals surface area contributed by atoms with Gasteiger partial charge in [0.05, 0.1) is 12.8 Å². The molecule has 1 aliphatic rings. The molecule has 1 N–H and O–H groups in total. The third-order valence-electron chi connectivity index (χ3n) is 3.32. The van der Waals surface area contributed by atoms with Crippen molar-refractivity contribution in [2.24, 2.45) is 0 Å². The van der Waals surface area contributed by atoms with E-state index in [4.69, 9.17) is 4.42 Å². The van der Waals surface area contributed by atoms with Crippen LogP contribution >= 0.6 is 0 Å². The van der Waals surface area contributed by atoms with Crippen molar-refractivity contribution >= 4 is 11.8 Å². The third-order valence-corrected chi connectivity index (χ3v) is 3.32. The molecule has 104 valence electrons. The molecule has 1 aliphatic heterocycles. The highest BCUT2D eigenvalue weighted by Crippen LogP contribution is 2.08. The number of piperidine rings is 1. The van der Waals surface area contributed by atoms with E-state index in [-0.39, 0.29) is 18.4 Å². The Bertz CT molecular complexity index is 408. The molecule has 0 unspecified atom stereocenters. The van der Waals surface area contributed by atoms with E-state index in [9.17, 15) is 9.59 Å². The lowest BCUT2D eigenvalue weighted by Crippen LogP contribution is -2.42. The van der Waals surface area contributed by atoms with Crippen molar-refractivity contribution in [2.45, 2.75) is 32.1 Å². The SMILES string of the molecule is O=C(CCc1ccco1)NCC(=O)N1CCCCC1. The summed E-state index contributed by atoms with van der Waals surface area (Å²) in [6.07, 6.45) is 5.83. The molecule has 19 heavy (non-hydrogen) atoms. The number of furan rings is 1. The van der Waals surface area contributed by atoms with Crippen molar-refractivity contribution in [1.29, 1.82) is 0 Å². The van der Waals surface area contributed by atoms with Crippen molar-refractivity contribution in [3.63, 3.8) is 0 Å². The fourth-order valence-electron chi connectivity index (χ4n) is 2.21. The maximum atomic E-state index is 11.8. The van der Waals surface area contributed by atoms with E-state index in [1.54, 1.807) is 12.3 Å². The van der Waals surface area contributed by atoms with Gasteiger partial charge in [-0.25, -0.2) is 0 Å². The molecule has 0 atom stereocenters. The van der Waals surface area contributed by atoms with E-state index in [1.165, 1.54) is 6.42 Å². The lowest BCUT2D eigenvalue weighted by Gasteiger charge is -2.26. The number of aryl methyl sites for hydroxylation is 1. The summed E-state index contributed by atoms with van der Waals surface area (Å²) in [6, 6.07) is 3.64. The van der Waals surface area contributed by atoms with Crippen LogP contribution in [-0.4, -0.2) is 36.3 Å². The largest absolute Gasteiger partial charge is 0.469 e. The molecule has 2 amide bonds. The molecule has 0 radical (unpaired) electrons. The number of nitrogens with one attached hydrogen (secondary N) is 1. The van der Waals surface area contributed by atoms with Gasteiger partial charge in [-0.3, -0.25) is 9.59 Å². The zero-order valence-corrected chi connectivity index (χ0v) is 11.1. The van der Waals surface area contributed by atoms with Crippen molar-refractivity contribution < 1.29 is 14.0 Å². The monoisotopic (exact) mass is 264 g/mol. The van der Waals surface area contributed by atoms with Crippen LogP contribution < -0.4 is 5.32 Å². The zero-order valence-electron chi connectivity index (χ0n) is 11.1. The molecule has 1 fully saturated rings. The first-order valence-corrected chi connectivity index (χ1v) is 6.82. The van der Waals surface area contributed by atoms with Crippen LogP contribution in [0.4, 0.5) is 0 Å². The quantitative estimate of drug-likeness (QED) is 0.873. The number of likely N-dealkylation sites (tertiary alicyclic amines) is 1.